The summed E-state index contributed by atoms with van der Waals surface area (Å²) in [7, 11) is 0. The van der Waals surface area contributed by atoms with Crippen molar-refractivity contribution < 1.29 is 4.39 Å². The first-order valence-corrected chi connectivity index (χ1v) is 6.88. The lowest BCUT2D eigenvalue weighted by atomic mass is 10.0. The van der Waals surface area contributed by atoms with E-state index in [9.17, 15) is 4.39 Å². The maximum Gasteiger partial charge on any atom is 0.123 e. The minimum atomic E-state index is -0.193. The summed E-state index contributed by atoms with van der Waals surface area (Å²) in [6, 6.07) is 14.7. The molecule has 1 aliphatic rings. The third kappa shape index (κ3) is 3.07. The van der Waals surface area contributed by atoms with E-state index in [0.717, 1.165) is 16.3 Å². The molecule has 3 rings (SSSR count). The van der Waals surface area contributed by atoms with E-state index in [1.807, 2.05) is 36.4 Å². The largest absolute Gasteiger partial charge is 0.378 e. The molecule has 0 spiro atoms. The Hall–Kier alpha value is -1.54. The van der Waals surface area contributed by atoms with Crippen LogP contribution in [-0.4, -0.2) is 0 Å². The lowest BCUT2D eigenvalue weighted by molar-refractivity contribution is 0.622. The average molecular weight is 276 g/mol. The highest BCUT2D eigenvalue weighted by atomic mass is 35.5. The second kappa shape index (κ2) is 5.22. The van der Waals surface area contributed by atoms with Crippen LogP contribution >= 0.6 is 11.6 Å². The van der Waals surface area contributed by atoms with Crippen molar-refractivity contribution in [2.24, 2.45) is 5.92 Å². The monoisotopic (exact) mass is 275 g/mol. The van der Waals surface area contributed by atoms with Gasteiger partial charge in [-0.15, -0.1) is 0 Å². The Kier molecular flexibility index (Phi) is 3.43. The van der Waals surface area contributed by atoms with Crippen LogP contribution in [0.5, 0.6) is 0 Å². The van der Waals surface area contributed by atoms with E-state index in [1.54, 1.807) is 0 Å². The number of anilines is 1. The molecule has 0 aliphatic heterocycles. The van der Waals surface area contributed by atoms with Crippen LogP contribution in [0.25, 0.3) is 0 Å². The fourth-order valence-electron chi connectivity index (χ4n) is 2.33. The molecule has 1 unspecified atom stereocenters. The minimum absolute atomic E-state index is 0.193. The van der Waals surface area contributed by atoms with Crippen molar-refractivity contribution in [3.8, 4) is 0 Å². The third-order valence-electron chi connectivity index (χ3n) is 3.47. The molecule has 98 valence electrons. The molecule has 3 heteroatoms. The third-order valence-corrected chi connectivity index (χ3v) is 3.70. The number of rotatable bonds is 4. The van der Waals surface area contributed by atoms with Crippen LogP contribution in [0.1, 0.15) is 24.4 Å². The molecule has 0 aromatic heterocycles. The molecule has 0 bridgehead atoms. The quantitative estimate of drug-likeness (QED) is 0.824. The zero-order valence-electron chi connectivity index (χ0n) is 10.4. The highest BCUT2D eigenvalue weighted by Gasteiger charge is 2.32. The highest BCUT2D eigenvalue weighted by Crippen LogP contribution is 2.43. The molecule has 0 radical (unpaired) electrons. The van der Waals surface area contributed by atoms with E-state index in [0.29, 0.717) is 5.92 Å². The molecule has 0 heterocycles. The van der Waals surface area contributed by atoms with Gasteiger partial charge in [0.25, 0.3) is 0 Å². The molecule has 1 fully saturated rings. The fourth-order valence-corrected chi connectivity index (χ4v) is 2.52. The van der Waals surface area contributed by atoms with Crippen LogP contribution in [0.2, 0.25) is 5.02 Å². The summed E-state index contributed by atoms with van der Waals surface area (Å²) >= 11 is 6.00. The summed E-state index contributed by atoms with van der Waals surface area (Å²) in [4.78, 5) is 0. The van der Waals surface area contributed by atoms with E-state index in [1.165, 1.54) is 25.0 Å². The van der Waals surface area contributed by atoms with Crippen LogP contribution in [0.4, 0.5) is 10.1 Å². The molecule has 1 saturated carbocycles. The second-order valence-electron chi connectivity index (χ2n) is 5.02. The van der Waals surface area contributed by atoms with Gasteiger partial charge in [-0.25, -0.2) is 4.39 Å². The van der Waals surface area contributed by atoms with Gasteiger partial charge < -0.3 is 5.32 Å². The Bertz CT molecular complexity index is 563. The SMILES string of the molecule is Fc1ccc(C(Nc2cccc(Cl)c2)C2CC2)cc1. The Morgan fingerprint density at radius 2 is 1.84 bits per heavy atom. The summed E-state index contributed by atoms with van der Waals surface area (Å²) in [6.45, 7) is 0. The van der Waals surface area contributed by atoms with Gasteiger partial charge in [0.1, 0.15) is 5.82 Å². The molecule has 1 atom stereocenters. The summed E-state index contributed by atoms with van der Waals surface area (Å²) in [6.07, 6.45) is 2.44. The predicted octanol–water partition coefficient (Wildman–Crippen LogP) is 5.04. The lowest BCUT2D eigenvalue weighted by Crippen LogP contribution is -2.12. The Balaban J connectivity index is 1.83. The molecular formula is C16H15ClFN. The van der Waals surface area contributed by atoms with Crippen molar-refractivity contribution >= 4 is 17.3 Å². The van der Waals surface area contributed by atoms with Crippen molar-refractivity contribution in [1.82, 2.24) is 0 Å². The van der Waals surface area contributed by atoms with Gasteiger partial charge in [-0.3, -0.25) is 0 Å². The van der Waals surface area contributed by atoms with Crippen LogP contribution < -0.4 is 5.32 Å². The average Bonchev–Trinajstić information content (AvgIpc) is 3.22. The zero-order chi connectivity index (χ0) is 13.2. The van der Waals surface area contributed by atoms with Gasteiger partial charge in [0, 0.05) is 10.7 Å². The first kappa shape index (κ1) is 12.5. The minimum Gasteiger partial charge on any atom is -0.378 e. The Morgan fingerprint density at radius 1 is 1.11 bits per heavy atom. The zero-order valence-corrected chi connectivity index (χ0v) is 11.2. The molecular weight excluding hydrogens is 261 g/mol. The summed E-state index contributed by atoms with van der Waals surface area (Å²) < 4.78 is 13.0. The number of hydrogen-bond acceptors (Lipinski definition) is 1. The Morgan fingerprint density at radius 3 is 2.47 bits per heavy atom. The van der Waals surface area contributed by atoms with Crippen molar-refractivity contribution in [3.63, 3.8) is 0 Å². The highest BCUT2D eigenvalue weighted by molar-refractivity contribution is 6.30. The van der Waals surface area contributed by atoms with Crippen LogP contribution in [0, 0.1) is 11.7 Å². The van der Waals surface area contributed by atoms with Gasteiger partial charge in [-0.05, 0) is 54.7 Å². The molecule has 19 heavy (non-hydrogen) atoms. The number of hydrogen-bond donors (Lipinski definition) is 1. The first-order chi connectivity index (χ1) is 9.22. The van der Waals surface area contributed by atoms with E-state index >= 15 is 0 Å². The first-order valence-electron chi connectivity index (χ1n) is 6.50. The standard InChI is InChI=1S/C16H15ClFN/c17-13-2-1-3-15(10-13)19-16(11-4-5-11)12-6-8-14(18)9-7-12/h1-3,6-11,16,19H,4-5H2. The van der Waals surface area contributed by atoms with E-state index < -0.39 is 0 Å². The van der Waals surface area contributed by atoms with E-state index in [2.05, 4.69) is 5.32 Å². The molecule has 2 aromatic carbocycles. The molecule has 0 saturated heterocycles. The number of halogens is 2. The normalized spacial score (nSPS) is 16.1. The molecule has 0 amide bonds. The lowest BCUT2D eigenvalue weighted by Gasteiger charge is -2.20. The van der Waals surface area contributed by atoms with Crippen molar-refractivity contribution in [2.45, 2.75) is 18.9 Å². The van der Waals surface area contributed by atoms with Crippen molar-refractivity contribution in [3.05, 3.63) is 64.9 Å². The van der Waals surface area contributed by atoms with Gasteiger partial charge in [-0.1, -0.05) is 29.8 Å². The smallest absolute Gasteiger partial charge is 0.123 e. The van der Waals surface area contributed by atoms with E-state index in [4.69, 9.17) is 11.6 Å². The molecule has 1 N–H and O–H groups in total. The van der Waals surface area contributed by atoms with E-state index in [-0.39, 0.29) is 11.9 Å². The summed E-state index contributed by atoms with van der Waals surface area (Å²) in [5, 5.41) is 4.23. The Labute approximate surface area is 117 Å². The van der Waals surface area contributed by atoms with Gasteiger partial charge in [0.05, 0.1) is 6.04 Å². The topological polar surface area (TPSA) is 12.0 Å². The van der Waals surface area contributed by atoms with Crippen LogP contribution in [0.15, 0.2) is 48.5 Å². The molecule has 1 nitrogen and oxygen atoms in total. The molecule has 1 aliphatic carbocycles. The van der Waals surface area contributed by atoms with Gasteiger partial charge in [0.2, 0.25) is 0 Å². The maximum absolute atomic E-state index is 13.0. The van der Waals surface area contributed by atoms with Crippen LogP contribution in [-0.2, 0) is 0 Å². The van der Waals surface area contributed by atoms with Crippen LogP contribution in [0.3, 0.4) is 0 Å². The van der Waals surface area contributed by atoms with Gasteiger partial charge in [-0.2, -0.15) is 0 Å². The second-order valence-corrected chi connectivity index (χ2v) is 5.46. The predicted molar refractivity (Wildman–Crippen MR) is 76.9 cm³/mol. The van der Waals surface area contributed by atoms with Crippen molar-refractivity contribution in [1.29, 1.82) is 0 Å². The maximum atomic E-state index is 13.0. The molecule has 2 aromatic rings. The van der Waals surface area contributed by atoms with Gasteiger partial charge >= 0.3 is 0 Å². The van der Waals surface area contributed by atoms with Crippen molar-refractivity contribution in [2.75, 3.05) is 5.32 Å². The van der Waals surface area contributed by atoms with Gasteiger partial charge in [0.15, 0.2) is 0 Å². The number of nitrogens with one attached hydrogen (secondary N) is 1. The fraction of sp³-hybridized carbons (Fsp3) is 0.250. The summed E-state index contributed by atoms with van der Waals surface area (Å²) in [5.74, 6) is 0.436. The number of benzene rings is 2. The summed E-state index contributed by atoms with van der Waals surface area (Å²) in [5.41, 5.74) is 2.14.